The Hall–Kier alpha value is -0.870. The summed E-state index contributed by atoms with van der Waals surface area (Å²) in [5, 5.41) is 7.94. The first-order valence-corrected chi connectivity index (χ1v) is 5.93. The number of ether oxygens (including phenoxy) is 1. The number of nitrogens with zero attached hydrogens (tertiary/aromatic N) is 2. The van der Waals surface area contributed by atoms with E-state index in [1.807, 2.05) is 4.68 Å². The highest BCUT2D eigenvalue weighted by Gasteiger charge is 2.10. The van der Waals surface area contributed by atoms with Crippen LogP contribution in [0.4, 0.5) is 0 Å². The molecule has 1 aromatic rings. The van der Waals surface area contributed by atoms with Gasteiger partial charge in [0.1, 0.15) is 0 Å². The first kappa shape index (κ1) is 13.2. The lowest BCUT2D eigenvalue weighted by molar-refractivity contribution is 0.182. The summed E-state index contributed by atoms with van der Waals surface area (Å²) in [5.74, 6) is 0. The zero-order valence-electron chi connectivity index (χ0n) is 10.8. The summed E-state index contributed by atoms with van der Waals surface area (Å²) in [5.41, 5.74) is 3.69. The van der Waals surface area contributed by atoms with Gasteiger partial charge in [0.25, 0.3) is 0 Å². The van der Waals surface area contributed by atoms with Crippen molar-refractivity contribution < 1.29 is 4.74 Å². The van der Waals surface area contributed by atoms with Crippen LogP contribution in [-0.4, -0.2) is 30.0 Å². The van der Waals surface area contributed by atoms with Crippen molar-refractivity contribution in [1.82, 2.24) is 15.1 Å². The van der Waals surface area contributed by atoms with Gasteiger partial charge >= 0.3 is 0 Å². The van der Waals surface area contributed by atoms with Gasteiger partial charge in [0.05, 0.1) is 18.8 Å². The summed E-state index contributed by atoms with van der Waals surface area (Å²) in [4.78, 5) is 0. The Morgan fingerprint density at radius 1 is 1.38 bits per heavy atom. The van der Waals surface area contributed by atoms with E-state index in [4.69, 9.17) is 4.74 Å². The van der Waals surface area contributed by atoms with E-state index >= 15 is 0 Å². The molecule has 0 spiro atoms. The first-order chi connectivity index (χ1) is 7.70. The largest absolute Gasteiger partial charge is 0.383 e. The highest BCUT2D eigenvalue weighted by molar-refractivity contribution is 5.24. The molecule has 0 bridgehead atoms. The quantitative estimate of drug-likeness (QED) is 0.717. The van der Waals surface area contributed by atoms with Crippen LogP contribution in [0.25, 0.3) is 0 Å². The number of hydrogen-bond donors (Lipinski definition) is 1. The topological polar surface area (TPSA) is 39.1 Å². The molecule has 0 aliphatic heterocycles. The molecular formula is C12H23N3O. The van der Waals surface area contributed by atoms with Crippen molar-refractivity contribution in [3.05, 3.63) is 17.0 Å². The third-order valence-electron chi connectivity index (χ3n) is 2.77. The van der Waals surface area contributed by atoms with E-state index in [-0.39, 0.29) is 0 Å². The molecule has 0 fully saturated rings. The predicted octanol–water partition coefficient (Wildman–Crippen LogP) is 1.65. The molecule has 0 saturated carbocycles. The van der Waals surface area contributed by atoms with E-state index in [0.29, 0.717) is 6.61 Å². The number of aromatic nitrogens is 2. The van der Waals surface area contributed by atoms with Crippen molar-refractivity contribution in [1.29, 1.82) is 0 Å². The molecule has 1 rings (SSSR count). The van der Waals surface area contributed by atoms with Gasteiger partial charge in [-0.1, -0.05) is 6.92 Å². The van der Waals surface area contributed by atoms with Crippen LogP contribution in [0.1, 0.15) is 30.3 Å². The predicted molar refractivity (Wildman–Crippen MR) is 65.6 cm³/mol. The SMILES string of the molecule is CCCNCc1c(C)nn(CCOC)c1C. The maximum Gasteiger partial charge on any atom is 0.0658 e. The van der Waals surface area contributed by atoms with Crippen LogP contribution in [0.15, 0.2) is 0 Å². The van der Waals surface area contributed by atoms with Gasteiger partial charge in [-0.05, 0) is 26.8 Å². The van der Waals surface area contributed by atoms with E-state index in [2.05, 4.69) is 31.2 Å². The fourth-order valence-electron chi connectivity index (χ4n) is 1.78. The van der Waals surface area contributed by atoms with Crippen molar-refractivity contribution in [2.24, 2.45) is 0 Å². The second kappa shape index (κ2) is 6.66. The number of methoxy groups -OCH3 is 1. The molecule has 16 heavy (non-hydrogen) atoms. The summed E-state index contributed by atoms with van der Waals surface area (Å²) in [6, 6.07) is 0. The van der Waals surface area contributed by atoms with E-state index in [1.165, 1.54) is 11.3 Å². The standard InChI is InChI=1S/C12H23N3O/c1-5-6-13-9-12-10(2)14-15(11(12)3)7-8-16-4/h13H,5-9H2,1-4H3. The molecule has 4 nitrogen and oxygen atoms in total. The summed E-state index contributed by atoms with van der Waals surface area (Å²) in [6.07, 6.45) is 1.16. The van der Waals surface area contributed by atoms with Gasteiger partial charge in [-0.3, -0.25) is 4.68 Å². The van der Waals surface area contributed by atoms with Gasteiger partial charge < -0.3 is 10.1 Å². The van der Waals surface area contributed by atoms with Crippen LogP contribution >= 0.6 is 0 Å². The molecule has 4 heteroatoms. The van der Waals surface area contributed by atoms with Gasteiger partial charge in [0.15, 0.2) is 0 Å². The lowest BCUT2D eigenvalue weighted by Crippen LogP contribution is -2.15. The Kier molecular flexibility index (Phi) is 5.49. The van der Waals surface area contributed by atoms with Gasteiger partial charge in [-0.15, -0.1) is 0 Å². The van der Waals surface area contributed by atoms with Crippen LogP contribution in [-0.2, 0) is 17.8 Å². The van der Waals surface area contributed by atoms with E-state index < -0.39 is 0 Å². The van der Waals surface area contributed by atoms with Crippen molar-refractivity contribution in [3.63, 3.8) is 0 Å². The molecule has 1 heterocycles. The molecule has 0 atom stereocenters. The fraction of sp³-hybridized carbons (Fsp3) is 0.750. The van der Waals surface area contributed by atoms with Crippen molar-refractivity contribution in [2.75, 3.05) is 20.3 Å². The molecule has 1 aromatic heterocycles. The van der Waals surface area contributed by atoms with E-state index in [0.717, 1.165) is 31.7 Å². The molecule has 0 unspecified atom stereocenters. The molecule has 0 aromatic carbocycles. The molecule has 0 amide bonds. The normalized spacial score (nSPS) is 11.0. The summed E-state index contributed by atoms with van der Waals surface area (Å²) < 4.78 is 7.10. The number of nitrogens with one attached hydrogen (secondary N) is 1. The Balaban J connectivity index is 2.65. The number of aryl methyl sites for hydroxylation is 1. The lowest BCUT2D eigenvalue weighted by Gasteiger charge is -2.05. The monoisotopic (exact) mass is 225 g/mol. The third-order valence-corrected chi connectivity index (χ3v) is 2.77. The maximum atomic E-state index is 5.07. The first-order valence-electron chi connectivity index (χ1n) is 5.93. The van der Waals surface area contributed by atoms with Crippen molar-refractivity contribution in [3.8, 4) is 0 Å². The molecule has 0 aliphatic carbocycles. The number of hydrogen-bond acceptors (Lipinski definition) is 3. The molecular weight excluding hydrogens is 202 g/mol. The zero-order chi connectivity index (χ0) is 12.0. The molecule has 92 valence electrons. The van der Waals surface area contributed by atoms with Crippen LogP contribution in [0.3, 0.4) is 0 Å². The van der Waals surface area contributed by atoms with Gasteiger partial charge in [-0.2, -0.15) is 5.10 Å². The van der Waals surface area contributed by atoms with Gasteiger partial charge in [-0.25, -0.2) is 0 Å². The van der Waals surface area contributed by atoms with E-state index in [1.54, 1.807) is 7.11 Å². The molecule has 0 saturated heterocycles. The minimum absolute atomic E-state index is 0.712. The maximum absolute atomic E-state index is 5.07. The highest BCUT2D eigenvalue weighted by atomic mass is 16.5. The van der Waals surface area contributed by atoms with Gasteiger partial charge in [0, 0.05) is 24.9 Å². The Bertz CT molecular complexity index is 320. The van der Waals surface area contributed by atoms with Crippen LogP contribution < -0.4 is 5.32 Å². The summed E-state index contributed by atoms with van der Waals surface area (Å²) >= 11 is 0. The van der Waals surface area contributed by atoms with Crippen molar-refractivity contribution in [2.45, 2.75) is 40.3 Å². The second-order valence-electron chi connectivity index (χ2n) is 4.04. The van der Waals surface area contributed by atoms with Crippen LogP contribution in [0, 0.1) is 13.8 Å². The smallest absolute Gasteiger partial charge is 0.0658 e. The second-order valence-corrected chi connectivity index (χ2v) is 4.04. The average molecular weight is 225 g/mol. The Labute approximate surface area is 98.0 Å². The van der Waals surface area contributed by atoms with E-state index in [9.17, 15) is 0 Å². The zero-order valence-corrected chi connectivity index (χ0v) is 10.8. The van der Waals surface area contributed by atoms with Crippen molar-refractivity contribution >= 4 is 0 Å². The molecule has 1 N–H and O–H groups in total. The lowest BCUT2D eigenvalue weighted by atomic mass is 10.2. The fourth-order valence-corrected chi connectivity index (χ4v) is 1.78. The molecule has 0 aliphatic rings. The van der Waals surface area contributed by atoms with Crippen LogP contribution in [0.5, 0.6) is 0 Å². The Morgan fingerprint density at radius 3 is 2.75 bits per heavy atom. The number of rotatable bonds is 7. The minimum atomic E-state index is 0.712. The summed E-state index contributed by atoms with van der Waals surface area (Å²) in [7, 11) is 1.72. The minimum Gasteiger partial charge on any atom is -0.383 e. The average Bonchev–Trinajstić information content (AvgIpc) is 2.54. The highest BCUT2D eigenvalue weighted by Crippen LogP contribution is 2.12. The third kappa shape index (κ3) is 3.32. The molecule has 0 radical (unpaired) electrons. The van der Waals surface area contributed by atoms with Gasteiger partial charge in [0.2, 0.25) is 0 Å². The van der Waals surface area contributed by atoms with Crippen LogP contribution in [0.2, 0.25) is 0 Å². The Morgan fingerprint density at radius 2 is 2.12 bits per heavy atom. The summed E-state index contributed by atoms with van der Waals surface area (Å²) in [6.45, 7) is 9.88.